The van der Waals surface area contributed by atoms with Crippen LogP contribution in [0, 0.1) is 6.92 Å². The van der Waals surface area contributed by atoms with Crippen molar-refractivity contribution >= 4 is 11.4 Å². The largest absolute Gasteiger partial charge is 0.383 e. The number of hydrogen-bond donors (Lipinski definition) is 2. The van der Waals surface area contributed by atoms with Gasteiger partial charge in [-0.3, -0.25) is 0 Å². The first-order valence-electron chi connectivity index (χ1n) is 9.04. The third-order valence-corrected chi connectivity index (χ3v) is 3.58. The lowest BCUT2D eigenvalue weighted by Crippen LogP contribution is -2.09. The number of nitrogens with one attached hydrogen (secondary N) is 2. The Kier molecular flexibility index (Phi) is 7.27. The van der Waals surface area contributed by atoms with Crippen LogP contribution in [0.15, 0.2) is 65.4 Å². The lowest BCUT2D eigenvalue weighted by molar-refractivity contribution is 0.422. The van der Waals surface area contributed by atoms with Crippen LogP contribution in [0.3, 0.4) is 0 Å². The Bertz CT molecular complexity index is 745. The molecule has 1 heterocycles. The molecule has 4 heteroatoms. The Labute approximate surface area is 156 Å². The van der Waals surface area contributed by atoms with Gasteiger partial charge in [0.1, 0.15) is 12.0 Å². The van der Waals surface area contributed by atoms with Crippen molar-refractivity contribution in [1.82, 2.24) is 5.16 Å². The fourth-order valence-corrected chi connectivity index (χ4v) is 2.42. The number of hydrogen-bond acceptors (Lipinski definition) is 4. The number of rotatable bonds is 5. The lowest BCUT2D eigenvalue weighted by atomic mass is 10.1. The first-order valence-corrected chi connectivity index (χ1v) is 9.04. The van der Waals surface area contributed by atoms with Crippen molar-refractivity contribution in [1.29, 1.82) is 0 Å². The van der Waals surface area contributed by atoms with Gasteiger partial charge in [0.05, 0.1) is 0 Å². The number of benzene rings is 2. The molecule has 4 nitrogen and oxygen atoms in total. The van der Waals surface area contributed by atoms with Gasteiger partial charge in [0.25, 0.3) is 0 Å². The minimum Gasteiger partial charge on any atom is -0.383 e. The van der Waals surface area contributed by atoms with Crippen molar-refractivity contribution in [2.45, 2.75) is 46.7 Å². The SMILES string of the molecule is CC(C)Nc1ccc(-c2ccon2)cc1.Cc1ccc(NC(C)C)cc1. The predicted molar refractivity (Wildman–Crippen MR) is 111 cm³/mol. The summed E-state index contributed by atoms with van der Waals surface area (Å²) >= 11 is 0. The van der Waals surface area contributed by atoms with Gasteiger partial charge in [0.15, 0.2) is 0 Å². The van der Waals surface area contributed by atoms with Crippen molar-refractivity contribution in [3.05, 3.63) is 66.4 Å². The second kappa shape index (κ2) is 9.66. The zero-order valence-electron chi connectivity index (χ0n) is 16.3. The van der Waals surface area contributed by atoms with Crippen LogP contribution in [0.5, 0.6) is 0 Å². The van der Waals surface area contributed by atoms with Gasteiger partial charge in [-0.1, -0.05) is 35.0 Å². The predicted octanol–water partition coefficient (Wildman–Crippen LogP) is 5.98. The van der Waals surface area contributed by atoms with Crippen molar-refractivity contribution in [2.24, 2.45) is 0 Å². The molecule has 0 fully saturated rings. The molecule has 0 aliphatic carbocycles. The molecule has 26 heavy (non-hydrogen) atoms. The average Bonchev–Trinajstić information content (AvgIpc) is 3.12. The molecule has 0 saturated carbocycles. The van der Waals surface area contributed by atoms with Crippen LogP contribution >= 0.6 is 0 Å². The number of aryl methyl sites for hydroxylation is 1. The summed E-state index contributed by atoms with van der Waals surface area (Å²) in [6, 6.07) is 19.4. The molecule has 0 unspecified atom stereocenters. The molecule has 138 valence electrons. The fourth-order valence-electron chi connectivity index (χ4n) is 2.42. The molecular formula is C22H29N3O. The molecule has 0 bridgehead atoms. The second-order valence-corrected chi connectivity index (χ2v) is 6.93. The maximum absolute atomic E-state index is 4.80. The van der Waals surface area contributed by atoms with Crippen molar-refractivity contribution in [2.75, 3.05) is 10.6 Å². The third kappa shape index (κ3) is 6.63. The summed E-state index contributed by atoms with van der Waals surface area (Å²) in [5.41, 5.74) is 5.56. The van der Waals surface area contributed by atoms with Gasteiger partial charge in [0.2, 0.25) is 0 Å². The Hall–Kier alpha value is -2.75. The van der Waals surface area contributed by atoms with Crippen LogP contribution in [0.25, 0.3) is 11.3 Å². The first kappa shape index (κ1) is 19.6. The fraction of sp³-hybridized carbons (Fsp3) is 0.318. The molecule has 3 rings (SSSR count). The summed E-state index contributed by atoms with van der Waals surface area (Å²) < 4.78 is 4.80. The highest BCUT2D eigenvalue weighted by molar-refractivity contribution is 5.62. The minimum absolute atomic E-state index is 0.447. The summed E-state index contributed by atoms with van der Waals surface area (Å²) in [6.45, 7) is 10.6. The quantitative estimate of drug-likeness (QED) is 0.594. The summed E-state index contributed by atoms with van der Waals surface area (Å²) in [7, 11) is 0. The van der Waals surface area contributed by atoms with Gasteiger partial charge in [0, 0.05) is 35.1 Å². The molecule has 0 saturated heterocycles. The van der Waals surface area contributed by atoms with Gasteiger partial charge in [-0.25, -0.2) is 0 Å². The molecule has 0 amide bonds. The molecule has 0 atom stereocenters. The minimum atomic E-state index is 0.447. The monoisotopic (exact) mass is 351 g/mol. The normalized spacial score (nSPS) is 10.4. The number of anilines is 2. The van der Waals surface area contributed by atoms with Gasteiger partial charge in [-0.2, -0.15) is 0 Å². The van der Waals surface area contributed by atoms with E-state index in [-0.39, 0.29) is 0 Å². The van der Waals surface area contributed by atoms with E-state index in [2.05, 4.69) is 74.7 Å². The molecule has 2 aromatic carbocycles. The van der Waals surface area contributed by atoms with Crippen LogP contribution in [-0.4, -0.2) is 17.2 Å². The average molecular weight is 351 g/mol. The Morgan fingerprint density at radius 2 is 1.23 bits per heavy atom. The van der Waals surface area contributed by atoms with Crippen molar-refractivity contribution < 1.29 is 4.52 Å². The molecule has 1 aromatic heterocycles. The van der Waals surface area contributed by atoms with Crippen LogP contribution in [0.4, 0.5) is 11.4 Å². The molecule has 0 aliphatic rings. The number of aromatic nitrogens is 1. The summed E-state index contributed by atoms with van der Waals surface area (Å²) in [4.78, 5) is 0. The van der Waals surface area contributed by atoms with Gasteiger partial charge in [-0.15, -0.1) is 0 Å². The first-order chi connectivity index (χ1) is 12.4. The summed E-state index contributed by atoms with van der Waals surface area (Å²) in [5, 5.41) is 10.5. The lowest BCUT2D eigenvalue weighted by Gasteiger charge is -2.09. The molecule has 2 N–H and O–H groups in total. The van der Waals surface area contributed by atoms with Crippen LogP contribution in [0.1, 0.15) is 33.3 Å². The van der Waals surface area contributed by atoms with Gasteiger partial charge >= 0.3 is 0 Å². The van der Waals surface area contributed by atoms with E-state index in [4.69, 9.17) is 4.52 Å². The highest BCUT2D eigenvalue weighted by atomic mass is 16.5. The molecule has 0 spiro atoms. The highest BCUT2D eigenvalue weighted by Crippen LogP contribution is 2.19. The molecular weight excluding hydrogens is 322 g/mol. The number of nitrogens with zero attached hydrogens (tertiary/aromatic N) is 1. The van der Waals surface area contributed by atoms with Crippen LogP contribution in [-0.2, 0) is 0 Å². The molecule has 3 aromatic rings. The van der Waals surface area contributed by atoms with Crippen LogP contribution < -0.4 is 10.6 Å². The van der Waals surface area contributed by atoms with E-state index in [0.29, 0.717) is 12.1 Å². The standard InChI is InChI=1S/C12H14N2O.C10H15N/c1-9(2)13-11-5-3-10(4-6-11)12-7-8-15-14-12;1-8(2)11-10-6-4-9(3)5-7-10/h3-9,13H,1-2H3;4-8,11H,1-3H3. The van der Waals surface area contributed by atoms with E-state index in [0.717, 1.165) is 16.9 Å². The van der Waals surface area contributed by atoms with E-state index in [1.807, 2.05) is 30.3 Å². The van der Waals surface area contributed by atoms with Gasteiger partial charge in [-0.05, 0) is 58.9 Å². The highest BCUT2D eigenvalue weighted by Gasteiger charge is 2.01. The topological polar surface area (TPSA) is 50.1 Å². The van der Waals surface area contributed by atoms with Crippen molar-refractivity contribution in [3.8, 4) is 11.3 Å². The molecule has 0 aliphatic heterocycles. The maximum Gasteiger partial charge on any atom is 0.124 e. The Balaban J connectivity index is 0.000000197. The summed E-state index contributed by atoms with van der Waals surface area (Å²) in [5.74, 6) is 0. The smallest absolute Gasteiger partial charge is 0.124 e. The van der Waals surface area contributed by atoms with Crippen molar-refractivity contribution in [3.63, 3.8) is 0 Å². The van der Waals surface area contributed by atoms with E-state index in [9.17, 15) is 0 Å². The van der Waals surface area contributed by atoms with Gasteiger partial charge < -0.3 is 15.2 Å². The van der Waals surface area contributed by atoms with E-state index >= 15 is 0 Å². The van der Waals surface area contributed by atoms with E-state index < -0.39 is 0 Å². The zero-order valence-corrected chi connectivity index (χ0v) is 16.3. The third-order valence-electron chi connectivity index (χ3n) is 3.58. The Morgan fingerprint density at radius 1 is 0.731 bits per heavy atom. The van der Waals surface area contributed by atoms with E-state index in [1.165, 1.54) is 11.3 Å². The molecule has 0 radical (unpaired) electrons. The van der Waals surface area contributed by atoms with E-state index in [1.54, 1.807) is 6.26 Å². The summed E-state index contributed by atoms with van der Waals surface area (Å²) in [6.07, 6.45) is 1.58. The zero-order chi connectivity index (χ0) is 18.9. The van der Waals surface area contributed by atoms with Crippen LogP contribution in [0.2, 0.25) is 0 Å². The maximum atomic E-state index is 4.80. The Morgan fingerprint density at radius 3 is 1.65 bits per heavy atom. The second-order valence-electron chi connectivity index (χ2n) is 6.93.